The van der Waals surface area contributed by atoms with Crippen LogP contribution in [0.5, 0.6) is 0 Å². The van der Waals surface area contributed by atoms with Gasteiger partial charge in [-0.05, 0) is 11.6 Å². The van der Waals surface area contributed by atoms with E-state index in [4.69, 9.17) is 17.3 Å². The standard InChI is InChI=1S/C7H8ClFN2/c8-7-2-1-5(4-11-7)6(10)3-9/h1-2,4,6H,3,10H2/t6-/m0/s1. The number of pyridine rings is 1. The van der Waals surface area contributed by atoms with E-state index < -0.39 is 12.7 Å². The van der Waals surface area contributed by atoms with Crippen LogP contribution in [0.4, 0.5) is 4.39 Å². The maximum absolute atomic E-state index is 12.0. The summed E-state index contributed by atoms with van der Waals surface area (Å²) in [6.07, 6.45) is 1.48. The van der Waals surface area contributed by atoms with Crippen molar-refractivity contribution in [3.05, 3.63) is 29.0 Å². The van der Waals surface area contributed by atoms with Gasteiger partial charge in [0.2, 0.25) is 0 Å². The summed E-state index contributed by atoms with van der Waals surface area (Å²) >= 11 is 5.51. The van der Waals surface area contributed by atoms with Crippen LogP contribution in [0.3, 0.4) is 0 Å². The number of hydrogen-bond acceptors (Lipinski definition) is 2. The van der Waals surface area contributed by atoms with Crippen LogP contribution in [0, 0.1) is 0 Å². The molecule has 1 aromatic rings. The molecule has 11 heavy (non-hydrogen) atoms. The van der Waals surface area contributed by atoms with Gasteiger partial charge in [-0.2, -0.15) is 0 Å². The molecule has 0 aliphatic rings. The third kappa shape index (κ3) is 2.13. The van der Waals surface area contributed by atoms with Crippen LogP contribution < -0.4 is 5.73 Å². The highest BCUT2D eigenvalue weighted by molar-refractivity contribution is 6.29. The van der Waals surface area contributed by atoms with Gasteiger partial charge in [-0.15, -0.1) is 0 Å². The van der Waals surface area contributed by atoms with Crippen molar-refractivity contribution in [3.8, 4) is 0 Å². The molecule has 1 aromatic heterocycles. The molecule has 60 valence electrons. The summed E-state index contributed by atoms with van der Waals surface area (Å²) in [5.41, 5.74) is 6.05. The second-order valence-corrected chi connectivity index (χ2v) is 2.56. The lowest BCUT2D eigenvalue weighted by molar-refractivity contribution is 0.436. The zero-order valence-corrected chi connectivity index (χ0v) is 6.55. The summed E-state index contributed by atoms with van der Waals surface area (Å²) < 4.78 is 12.0. The van der Waals surface area contributed by atoms with E-state index in [1.807, 2.05) is 0 Å². The minimum atomic E-state index is -0.584. The lowest BCUT2D eigenvalue weighted by Crippen LogP contribution is -2.12. The number of hydrogen-bond donors (Lipinski definition) is 1. The van der Waals surface area contributed by atoms with Gasteiger partial charge in [0.05, 0.1) is 6.04 Å². The normalized spacial score (nSPS) is 13.0. The summed E-state index contributed by atoms with van der Waals surface area (Å²) in [4.78, 5) is 3.77. The number of halogens is 2. The second kappa shape index (κ2) is 3.64. The summed E-state index contributed by atoms with van der Waals surface area (Å²) in [5, 5.41) is 0.389. The Morgan fingerprint density at radius 1 is 1.64 bits per heavy atom. The van der Waals surface area contributed by atoms with Crippen LogP contribution in [0.25, 0.3) is 0 Å². The first-order valence-electron chi connectivity index (χ1n) is 3.17. The molecule has 0 amide bonds. The van der Waals surface area contributed by atoms with E-state index in [1.54, 1.807) is 12.1 Å². The van der Waals surface area contributed by atoms with E-state index in [2.05, 4.69) is 4.98 Å². The third-order valence-electron chi connectivity index (χ3n) is 1.34. The van der Waals surface area contributed by atoms with Crippen molar-refractivity contribution in [3.63, 3.8) is 0 Å². The summed E-state index contributed by atoms with van der Waals surface area (Å²) in [7, 11) is 0. The molecule has 0 fully saturated rings. The molecule has 2 nitrogen and oxygen atoms in total. The molecule has 0 unspecified atom stereocenters. The Hall–Kier alpha value is -0.670. The monoisotopic (exact) mass is 174 g/mol. The predicted molar refractivity (Wildman–Crippen MR) is 42.2 cm³/mol. The number of nitrogens with two attached hydrogens (primary N) is 1. The first-order chi connectivity index (χ1) is 5.24. The quantitative estimate of drug-likeness (QED) is 0.694. The zero-order valence-electron chi connectivity index (χ0n) is 5.80. The van der Waals surface area contributed by atoms with Crippen molar-refractivity contribution < 1.29 is 4.39 Å². The van der Waals surface area contributed by atoms with Crippen LogP contribution in [-0.2, 0) is 0 Å². The largest absolute Gasteiger partial charge is 0.322 e. The smallest absolute Gasteiger partial charge is 0.129 e. The molecule has 0 spiro atoms. The molecule has 2 N–H and O–H groups in total. The molecule has 0 saturated carbocycles. The zero-order chi connectivity index (χ0) is 8.27. The highest BCUT2D eigenvalue weighted by atomic mass is 35.5. The van der Waals surface area contributed by atoms with Crippen LogP contribution in [0.2, 0.25) is 5.15 Å². The van der Waals surface area contributed by atoms with Gasteiger partial charge >= 0.3 is 0 Å². The average molecular weight is 175 g/mol. The highest BCUT2D eigenvalue weighted by Gasteiger charge is 2.04. The molecule has 0 aliphatic carbocycles. The SMILES string of the molecule is N[C@@H](CF)c1ccc(Cl)nc1. The van der Waals surface area contributed by atoms with Gasteiger partial charge < -0.3 is 5.73 Å². The van der Waals surface area contributed by atoms with E-state index in [0.29, 0.717) is 10.7 Å². The van der Waals surface area contributed by atoms with Crippen LogP contribution in [0.1, 0.15) is 11.6 Å². The first kappa shape index (κ1) is 8.43. The molecule has 1 atom stereocenters. The van der Waals surface area contributed by atoms with Gasteiger partial charge in [-0.1, -0.05) is 17.7 Å². The number of rotatable bonds is 2. The van der Waals surface area contributed by atoms with Gasteiger partial charge in [0.25, 0.3) is 0 Å². The number of nitrogens with zero attached hydrogens (tertiary/aromatic N) is 1. The molecule has 1 heterocycles. The maximum Gasteiger partial charge on any atom is 0.129 e. The van der Waals surface area contributed by atoms with Crippen molar-refractivity contribution in [2.75, 3.05) is 6.67 Å². The Balaban J connectivity index is 2.81. The minimum absolute atomic E-state index is 0.389. The fourth-order valence-electron chi connectivity index (χ4n) is 0.696. The maximum atomic E-state index is 12.0. The molecule has 0 bridgehead atoms. The fraction of sp³-hybridized carbons (Fsp3) is 0.286. The van der Waals surface area contributed by atoms with Gasteiger partial charge in [-0.3, -0.25) is 0 Å². The van der Waals surface area contributed by atoms with Crippen molar-refractivity contribution in [2.24, 2.45) is 5.73 Å². The van der Waals surface area contributed by atoms with Gasteiger partial charge in [0, 0.05) is 6.20 Å². The summed E-state index contributed by atoms with van der Waals surface area (Å²) in [6, 6.07) is 2.67. The average Bonchev–Trinajstić information content (AvgIpc) is 2.05. The second-order valence-electron chi connectivity index (χ2n) is 2.18. The van der Waals surface area contributed by atoms with E-state index in [-0.39, 0.29) is 0 Å². The molecular formula is C7H8ClFN2. The molecule has 0 saturated heterocycles. The van der Waals surface area contributed by atoms with Gasteiger partial charge in [-0.25, -0.2) is 9.37 Å². The molecule has 1 rings (SSSR count). The Labute approximate surface area is 69.2 Å². The summed E-state index contributed by atoms with van der Waals surface area (Å²) in [5.74, 6) is 0. The lowest BCUT2D eigenvalue weighted by atomic mass is 10.1. The predicted octanol–water partition coefficient (Wildman–Crippen LogP) is 1.70. The topological polar surface area (TPSA) is 38.9 Å². The van der Waals surface area contributed by atoms with Crippen molar-refractivity contribution >= 4 is 11.6 Å². The molecule has 0 radical (unpaired) electrons. The Kier molecular flexibility index (Phi) is 2.79. The fourth-order valence-corrected chi connectivity index (χ4v) is 0.807. The van der Waals surface area contributed by atoms with Crippen molar-refractivity contribution in [2.45, 2.75) is 6.04 Å². The third-order valence-corrected chi connectivity index (χ3v) is 1.57. The highest BCUT2D eigenvalue weighted by Crippen LogP contribution is 2.11. The molecule has 0 aliphatic heterocycles. The van der Waals surface area contributed by atoms with Crippen molar-refractivity contribution in [1.82, 2.24) is 4.98 Å². The first-order valence-corrected chi connectivity index (χ1v) is 3.55. The van der Waals surface area contributed by atoms with Gasteiger partial charge in [0.15, 0.2) is 0 Å². The van der Waals surface area contributed by atoms with E-state index in [1.165, 1.54) is 6.20 Å². The molecule has 4 heteroatoms. The molecular weight excluding hydrogens is 167 g/mol. The number of alkyl halides is 1. The Morgan fingerprint density at radius 3 is 2.82 bits per heavy atom. The van der Waals surface area contributed by atoms with Gasteiger partial charge in [0.1, 0.15) is 11.8 Å². The Morgan fingerprint density at radius 2 is 2.36 bits per heavy atom. The van der Waals surface area contributed by atoms with Crippen LogP contribution in [-0.4, -0.2) is 11.7 Å². The lowest BCUT2D eigenvalue weighted by Gasteiger charge is -2.05. The van der Waals surface area contributed by atoms with Crippen LogP contribution >= 0.6 is 11.6 Å². The van der Waals surface area contributed by atoms with Crippen LogP contribution in [0.15, 0.2) is 18.3 Å². The number of aromatic nitrogens is 1. The summed E-state index contributed by atoms with van der Waals surface area (Å²) in [6.45, 7) is -0.580. The van der Waals surface area contributed by atoms with Crippen molar-refractivity contribution in [1.29, 1.82) is 0 Å². The Bertz CT molecular complexity index is 224. The molecule has 0 aromatic carbocycles. The van der Waals surface area contributed by atoms with E-state index in [9.17, 15) is 4.39 Å². The van der Waals surface area contributed by atoms with E-state index >= 15 is 0 Å². The minimum Gasteiger partial charge on any atom is -0.322 e. The van der Waals surface area contributed by atoms with E-state index in [0.717, 1.165) is 0 Å².